The van der Waals surface area contributed by atoms with Crippen LogP contribution in [0.1, 0.15) is 28.3 Å². The molecule has 1 aromatic heterocycles. The summed E-state index contributed by atoms with van der Waals surface area (Å²) in [4.78, 5) is 7.03. The normalized spacial score (nSPS) is 14.8. The zero-order valence-electron chi connectivity index (χ0n) is 11.9. The van der Waals surface area contributed by atoms with Crippen LogP contribution in [0.4, 0.5) is 0 Å². The van der Waals surface area contributed by atoms with E-state index in [9.17, 15) is 0 Å². The monoisotopic (exact) mass is 266 g/mol. The van der Waals surface area contributed by atoms with Crippen LogP contribution in [0.5, 0.6) is 0 Å². The number of benzene rings is 1. The van der Waals surface area contributed by atoms with Gasteiger partial charge >= 0.3 is 0 Å². The zero-order chi connectivity index (χ0) is 14.1. The lowest BCUT2D eigenvalue weighted by Crippen LogP contribution is -2.33. The van der Waals surface area contributed by atoms with E-state index < -0.39 is 0 Å². The summed E-state index contributed by atoms with van der Waals surface area (Å²) in [6, 6.07) is 10.0. The third kappa shape index (κ3) is 2.33. The Morgan fingerprint density at radius 3 is 2.95 bits per heavy atom. The van der Waals surface area contributed by atoms with Crippen LogP contribution in [0.15, 0.2) is 24.3 Å². The van der Waals surface area contributed by atoms with Gasteiger partial charge in [0.1, 0.15) is 5.82 Å². The van der Waals surface area contributed by atoms with Gasteiger partial charge in [-0.1, -0.05) is 12.1 Å². The van der Waals surface area contributed by atoms with Gasteiger partial charge in [0.25, 0.3) is 0 Å². The SMILES string of the molecule is Cc1nc2n(c1C)CCN(Cc1cccc(C#N)c1)C2. The minimum absolute atomic E-state index is 0.729. The van der Waals surface area contributed by atoms with Gasteiger partial charge < -0.3 is 4.57 Å². The van der Waals surface area contributed by atoms with Crippen LogP contribution in [0.2, 0.25) is 0 Å². The summed E-state index contributed by atoms with van der Waals surface area (Å²) in [5, 5.41) is 8.95. The van der Waals surface area contributed by atoms with Crippen molar-refractivity contribution in [2.75, 3.05) is 6.54 Å². The van der Waals surface area contributed by atoms with E-state index in [1.807, 2.05) is 18.2 Å². The molecule has 0 spiro atoms. The van der Waals surface area contributed by atoms with Crippen LogP contribution in [0, 0.1) is 25.2 Å². The Bertz CT molecular complexity index is 678. The van der Waals surface area contributed by atoms with Crippen molar-refractivity contribution >= 4 is 0 Å². The number of hydrogen-bond acceptors (Lipinski definition) is 3. The summed E-state index contributed by atoms with van der Waals surface area (Å²) in [6.07, 6.45) is 0. The molecule has 0 N–H and O–H groups in total. The molecular formula is C16H18N4. The lowest BCUT2D eigenvalue weighted by molar-refractivity contribution is 0.208. The zero-order valence-corrected chi connectivity index (χ0v) is 11.9. The fraction of sp³-hybridized carbons (Fsp3) is 0.375. The van der Waals surface area contributed by atoms with E-state index in [-0.39, 0.29) is 0 Å². The van der Waals surface area contributed by atoms with E-state index in [4.69, 9.17) is 5.26 Å². The molecule has 4 heteroatoms. The maximum absolute atomic E-state index is 8.95. The smallest absolute Gasteiger partial charge is 0.123 e. The van der Waals surface area contributed by atoms with E-state index in [0.29, 0.717) is 0 Å². The Morgan fingerprint density at radius 2 is 2.15 bits per heavy atom. The first-order chi connectivity index (χ1) is 9.67. The number of fused-ring (bicyclic) bond motifs is 1. The molecule has 0 aliphatic carbocycles. The van der Waals surface area contributed by atoms with Gasteiger partial charge in [-0.05, 0) is 31.5 Å². The van der Waals surface area contributed by atoms with Crippen molar-refractivity contribution < 1.29 is 0 Å². The van der Waals surface area contributed by atoms with Gasteiger partial charge in [0.05, 0.1) is 23.9 Å². The number of imidazole rings is 1. The van der Waals surface area contributed by atoms with Gasteiger partial charge in [-0.15, -0.1) is 0 Å². The van der Waals surface area contributed by atoms with E-state index in [1.54, 1.807) is 0 Å². The third-order valence-corrected chi connectivity index (χ3v) is 4.00. The van der Waals surface area contributed by atoms with Crippen molar-refractivity contribution in [2.45, 2.75) is 33.5 Å². The average Bonchev–Trinajstić information content (AvgIpc) is 2.74. The van der Waals surface area contributed by atoms with Gasteiger partial charge in [0.15, 0.2) is 0 Å². The summed E-state index contributed by atoms with van der Waals surface area (Å²) in [5.74, 6) is 1.16. The highest BCUT2D eigenvalue weighted by atomic mass is 15.2. The lowest BCUT2D eigenvalue weighted by atomic mass is 10.1. The fourth-order valence-electron chi connectivity index (χ4n) is 2.79. The third-order valence-electron chi connectivity index (χ3n) is 4.00. The molecule has 0 radical (unpaired) electrons. The van der Waals surface area contributed by atoms with Crippen molar-refractivity contribution in [1.82, 2.24) is 14.5 Å². The Morgan fingerprint density at radius 1 is 1.30 bits per heavy atom. The first-order valence-electron chi connectivity index (χ1n) is 6.91. The molecule has 2 heterocycles. The number of nitriles is 1. The van der Waals surface area contributed by atoms with Crippen molar-refractivity contribution in [3.63, 3.8) is 0 Å². The molecule has 102 valence electrons. The molecule has 0 atom stereocenters. The number of nitrogens with zero attached hydrogens (tertiary/aromatic N) is 4. The maximum Gasteiger partial charge on any atom is 0.123 e. The maximum atomic E-state index is 8.95. The second-order valence-electron chi connectivity index (χ2n) is 5.37. The van der Waals surface area contributed by atoms with Crippen LogP contribution in [0.3, 0.4) is 0 Å². The minimum Gasteiger partial charge on any atom is -0.330 e. The molecular weight excluding hydrogens is 248 g/mol. The fourth-order valence-corrected chi connectivity index (χ4v) is 2.79. The summed E-state index contributed by atoms with van der Waals surface area (Å²) < 4.78 is 2.32. The molecule has 0 saturated carbocycles. The summed E-state index contributed by atoms with van der Waals surface area (Å²) in [7, 11) is 0. The molecule has 0 amide bonds. The molecule has 2 aromatic rings. The lowest BCUT2D eigenvalue weighted by Gasteiger charge is -2.28. The number of aromatic nitrogens is 2. The quantitative estimate of drug-likeness (QED) is 0.838. The molecule has 20 heavy (non-hydrogen) atoms. The average molecular weight is 266 g/mol. The summed E-state index contributed by atoms with van der Waals surface area (Å²) >= 11 is 0. The van der Waals surface area contributed by atoms with Gasteiger partial charge in [-0.3, -0.25) is 4.90 Å². The predicted octanol–water partition coefficient (Wildman–Crippen LogP) is 2.39. The molecule has 0 unspecified atom stereocenters. The minimum atomic E-state index is 0.729. The second kappa shape index (κ2) is 5.10. The standard InChI is InChI=1S/C16H18N4/c1-12-13(2)20-7-6-19(11-16(20)18-12)10-15-5-3-4-14(8-15)9-17/h3-5,8H,6-7,10-11H2,1-2H3. The first-order valence-corrected chi connectivity index (χ1v) is 6.91. The highest BCUT2D eigenvalue weighted by Crippen LogP contribution is 2.18. The van der Waals surface area contributed by atoms with Gasteiger partial charge in [0, 0.05) is 25.3 Å². The number of aryl methyl sites for hydroxylation is 1. The number of hydrogen-bond donors (Lipinski definition) is 0. The van der Waals surface area contributed by atoms with Crippen LogP contribution in [-0.4, -0.2) is 21.0 Å². The van der Waals surface area contributed by atoms with Crippen LogP contribution >= 0.6 is 0 Å². The van der Waals surface area contributed by atoms with E-state index in [2.05, 4.69) is 40.4 Å². The molecule has 1 aliphatic heterocycles. The van der Waals surface area contributed by atoms with E-state index in [0.717, 1.165) is 43.3 Å². The van der Waals surface area contributed by atoms with Gasteiger partial charge in [-0.25, -0.2) is 4.98 Å². The summed E-state index contributed by atoms with van der Waals surface area (Å²) in [6.45, 7) is 7.99. The highest BCUT2D eigenvalue weighted by molar-refractivity contribution is 5.32. The summed E-state index contributed by atoms with van der Waals surface area (Å²) in [5.41, 5.74) is 4.34. The van der Waals surface area contributed by atoms with E-state index >= 15 is 0 Å². The Labute approximate surface area is 119 Å². The predicted molar refractivity (Wildman–Crippen MR) is 77.0 cm³/mol. The van der Waals surface area contributed by atoms with Gasteiger partial charge in [0.2, 0.25) is 0 Å². The van der Waals surface area contributed by atoms with Crippen LogP contribution in [0.25, 0.3) is 0 Å². The van der Waals surface area contributed by atoms with Crippen LogP contribution in [-0.2, 0) is 19.6 Å². The Kier molecular flexibility index (Phi) is 3.29. The van der Waals surface area contributed by atoms with Crippen molar-refractivity contribution in [3.8, 4) is 6.07 Å². The molecule has 0 fully saturated rings. The van der Waals surface area contributed by atoms with Crippen molar-refractivity contribution in [2.24, 2.45) is 0 Å². The molecule has 0 saturated heterocycles. The molecule has 0 bridgehead atoms. The van der Waals surface area contributed by atoms with Crippen LogP contribution < -0.4 is 0 Å². The largest absolute Gasteiger partial charge is 0.330 e. The highest BCUT2D eigenvalue weighted by Gasteiger charge is 2.20. The topological polar surface area (TPSA) is 44.9 Å². The van der Waals surface area contributed by atoms with Gasteiger partial charge in [-0.2, -0.15) is 5.26 Å². The number of rotatable bonds is 2. The van der Waals surface area contributed by atoms with E-state index in [1.165, 1.54) is 11.3 Å². The molecule has 3 rings (SSSR count). The van der Waals surface area contributed by atoms with Crippen molar-refractivity contribution in [1.29, 1.82) is 5.26 Å². The van der Waals surface area contributed by atoms with Crippen molar-refractivity contribution in [3.05, 3.63) is 52.6 Å². The second-order valence-corrected chi connectivity index (χ2v) is 5.37. The Hall–Kier alpha value is -2.12. The molecule has 4 nitrogen and oxygen atoms in total. The molecule has 1 aliphatic rings. The Balaban J connectivity index is 1.76. The first kappa shape index (κ1) is 12.9. The molecule has 1 aromatic carbocycles.